The van der Waals surface area contributed by atoms with E-state index in [0.29, 0.717) is 0 Å². The number of hydrogen-bond acceptors (Lipinski definition) is 4. The van der Waals surface area contributed by atoms with Crippen molar-refractivity contribution in [3.63, 3.8) is 0 Å². The summed E-state index contributed by atoms with van der Waals surface area (Å²) < 4.78 is 24.1. The largest absolute Gasteiger partial charge is 0.395 e. The van der Waals surface area contributed by atoms with Gasteiger partial charge >= 0.3 is 0 Å². The number of halogens is 1. The summed E-state index contributed by atoms with van der Waals surface area (Å²) in [6.07, 6.45) is 0.206. The van der Waals surface area contributed by atoms with Gasteiger partial charge in [0, 0.05) is 15.6 Å². The van der Waals surface area contributed by atoms with Gasteiger partial charge in [-0.3, -0.25) is 0 Å². The summed E-state index contributed by atoms with van der Waals surface area (Å²) in [6.45, 7) is 1.02. The normalized spacial score (nSPS) is 12.6. The maximum absolute atomic E-state index is 11.6. The van der Waals surface area contributed by atoms with E-state index in [1.807, 2.05) is 12.1 Å². The van der Waals surface area contributed by atoms with Crippen LogP contribution in [0.4, 0.5) is 0 Å². The molecule has 1 rings (SSSR count). The highest BCUT2D eigenvalue weighted by Crippen LogP contribution is 2.29. The van der Waals surface area contributed by atoms with Crippen molar-refractivity contribution in [3.8, 4) is 0 Å². The first-order valence-electron chi connectivity index (χ1n) is 6.07. The predicted molar refractivity (Wildman–Crippen MR) is 78.9 cm³/mol. The van der Waals surface area contributed by atoms with Gasteiger partial charge in [0.15, 0.2) is 0 Å². The van der Waals surface area contributed by atoms with Gasteiger partial charge in [-0.2, -0.15) is 0 Å². The quantitative estimate of drug-likeness (QED) is 0.781. The maximum Gasteiger partial charge on any atom is 0.150 e. The number of sulfone groups is 1. The second-order valence-corrected chi connectivity index (χ2v) is 7.98. The molecule has 0 unspecified atom stereocenters. The molecule has 0 heterocycles. The minimum atomic E-state index is -3.12. The van der Waals surface area contributed by atoms with Crippen molar-refractivity contribution in [2.24, 2.45) is 0 Å². The molecule has 19 heavy (non-hydrogen) atoms. The molecule has 0 saturated carbocycles. The predicted octanol–water partition coefficient (Wildman–Crippen LogP) is 1.50. The third-order valence-corrected chi connectivity index (χ3v) is 5.63. The zero-order chi connectivity index (χ0) is 14.5. The molecule has 0 amide bonds. The lowest BCUT2D eigenvalue weighted by Gasteiger charge is -2.30. The highest BCUT2D eigenvalue weighted by Gasteiger charge is 2.32. The molecular weight excluding hydrogens is 332 g/mol. The lowest BCUT2D eigenvalue weighted by Crippen LogP contribution is -2.37. The van der Waals surface area contributed by atoms with Gasteiger partial charge in [-0.15, -0.1) is 0 Å². The molecular formula is C13H19BrO4S. The molecule has 6 heteroatoms. The average Bonchev–Trinajstić information content (AvgIpc) is 2.42. The maximum atomic E-state index is 11.6. The third-order valence-electron chi connectivity index (χ3n) is 3.39. The van der Waals surface area contributed by atoms with Crippen molar-refractivity contribution in [1.82, 2.24) is 0 Å². The molecule has 0 atom stereocenters. The van der Waals surface area contributed by atoms with E-state index in [-0.39, 0.29) is 31.1 Å². The van der Waals surface area contributed by atoms with Crippen LogP contribution < -0.4 is 0 Å². The van der Waals surface area contributed by atoms with E-state index in [1.165, 1.54) is 0 Å². The number of rotatable bonds is 7. The van der Waals surface area contributed by atoms with Gasteiger partial charge in [0.1, 0.15) is 9.84 Å². The van der Waals surface area contributed by atoms with Crippen molar-refractivity contribution >= 4 is 25.8 Å². The fourth-order valence-electron chi connectivity index (χ4n) is 1.83. The third kappa shape index (κ3) is 4.27. The van der Waals surface area contributed by atoms with Crippen LogP contribution in [0, 0.1) is 0 Å². The van der Waals surface area contributed by atoms with Crippen LogP contribution in [0.1, 0.15) is 18.9 Å². The molecule has 0 aliphatic heterocycles. The highest BCUT2D eigenvalue weighted by atomic mass is 79.9. The van der Waals surface area contributed by atoms with E-state index in [0.717, 1.165) is 10.0 Å². The zero-order valence-corrected chi connectivity index (χ0v) is 13.2. The lowest BCUT2D eigenvalue weighted by atomic mass is 9.79. The van der Waals surface area contributed by atoms with Crippen LogP contribution >= 0.6 is 15.9 Å². The minimum Gasteiger partial charge on any atom is -0.395 e. The first kappa shape index (κ1) is 16.6. The lowest BCUT2D eigenvalue weighted by molar-refractivity contribution is 0.114. The molecule has 108 valence electrons. The van der Waals surface area contributed by atoms with Crippen LogP contribution in [0.3, 0.4) is 0 Å². The van der Waals surface area contributed by atoms with E-state index in [1.54, 1.807) is 19.1 Å². The number of hydrogen-bond donors (Lipinski definition) is 2. The summed E-state index contributed by atoms with van der Waals surface area (Å²) in [5, 5.41) is 19.2. The van der Waals surface area contributed by atoms with Crippen LogP contribution in [0.5, 0.6) is 0 Å². The van der Waals surface area contributed by atoms with Crippen LogP contribution in [0.15, 0.2) is 28.7 Å². The summed E-state index contributed by atoms with van der Waals surface area (Å²) in [5.74, 6) is 0.0287. The molecule has 2 N–H and O–H groups in total. The molecule has 0 aliphatic rings. The van der Waals surface area contributed by atoms with E-state index >= 15 is 0 Å². The first-order valence-corrected chi connectivity index (χ1v) is 8.69. The van der Waals surface area contributed by atoms with Crippen LogP contribution in [0.25, 0.3) is 0 Å². The molecule has 0 aliphatic carbocycles. The Morgan fingerprint density at radius 3 is 2.11 bits per heavy atom. The standard InChI is InChI=1S/C13H19BrO4S/c1-2-19(17,18)8-7-13(9-15,10-16)11-3-5-12(14)6-4-11/h3-6,15-16H,2,7-10H2,1H3. The molecule has 0 fully saturated rings. The van der Waals surface area contributed by atoms with Gasteiger partial charge in [-0.25, -0.2) is 8.42 Å². The van der Waals surface area contributed by atoms with E-state index in [2.05, 4.69) is 15.9 Å². The first-order chi connectivity index (χ1) is 8.89. The Morgan fingerprint density at radius 2 is 1.68 bits per heavy atom. The second kappa shape index (κ2) is 6.83. The molecule has 1 aromatic rings. The monoisotopic (exact) mass is 350 g/mol. The number of aliphatic hydroxyl groups excluding tert-OH is 2. The number of aliphatic hydroxyl groups is 2. The SMILES string of the molecule is CCS(=O)(=O)CCC(CO)(CO)c1ccc(Br)cc1. The Labute approximate surface area is 122 Å². The Morgan fingerprint density at radius 1 is 1.16 bits per heavy atom. The Hall–Kier alpha value is -0.430. The molecule has 1 aromatic carbocycles. The molecule has 0 saturated heterocycles. The fraction of sp³-hybridized carbons (Fsp3) is 0.538. The van der Waals surface area contributed by atoms with Crippen LogP contribution in [-0.4, -0.2) is 43.4 Å². The van der Waals surface area contributed by atoms with Crippen molar-refractivity contribution in [2.45, 2.75) is 18.8 Å². The molecule has 0 radical (unpaired) electrons. The van der Waals surface area contributed by atoms with Gasteiger partial charge in [-0.1, -0.05) is 35.0 Å². The Bertz CT molecular complexity index is 492. The summed E-state index contributed by atoms with van der Waals surface area (Å²) in [5.41, 5.74) is -0.171. The van der Waals surface area contributed by atoms with Crippen molar-refractivity contribution in [3.05, 3.63) is 34.3 Å². The minimum absolute atomic E-state index is 0.0410. The summed E-state index contributed by atoms with van der Waals surface area (Å²) >= 11 is 3.32. The molecule has 4 nitrogen and oxygen atoms in total. The fourth-order valence-corrected chi connectivity index (χ4v) is 3.09. The van der Waals surface area contributed by atoms with E-state index < -0.39 is 15.3 Å². The topological polar surface area (TPSA) is 74.6 Å². The average molecular weight is 351 g/mol. The van der Waals surface area contributed by atoms with Crippen LogP contribution in [-0.2, 0) is 15.3 Å². The van der Waals surface area contributed by atoms with Crippen molar-refractivity contribution in [2.75, 3.05) is 24.7 Å². The molecule has 0 bridgehead atoms. The van der Waals surface area contributed by atoms with Gasteiger partial charge in [0.25, 0.3) is 0 Å². The van der Waals surface area contributed by atoms with Gasteiger partial charge in [-0.05, 0) is 24.1 Å². The van der Waals surface area contributed by atoms with Gasteiger partial charge in [0.05, 0.1) is 19.0 Å². The van der Waals surface area contributed by atoms with Crippen LogP contribution in [0.2, 0.25) is 0 Å². The smallest absolute Gasteiger partial charge is 0.150 e. The van der Waals surface area contributed by atoms with Crippen molar-refractivity contribution < 1.29 is 18.6 Å². The van der Waals surface area contributed by atoms with Crippen molar-refractivity contribution in [1.29, 1.82) is 0 Å². The Balaban J connectivity index is 3.00. The number of benzene rings is 1. The van der Waals surface area contributed by atoms with E-state index in [9.17, 15) is 18.6 Å². The van der Waals surface area contributed by atoms with Gasteiger partial charge < -0.3 is 10.2 Å². The van der Waals surface area contributed by atoms with E-state index in [4.69, 9.17) is 0 Å². The zero-order valence-electron chi connectivity index (χ0n) is 10.8. The highest BCUT2D eigenvalue weighted by molar-refractivity contribution is 9.10. The van der Waals surface area contributed by atoms with Gasteiger partial charge in [0.2, 0.25) is 0 Å². The summed E-state index contributed by atoms with van der Waals surface area (Å²) in [7, 11) is -3.12. The second-order valence-electron chi connectivity index (χ2n) is 4.59. The Kier molecular flexibility index (Phi) is 5.98. The summed E-state index contributed by atoms with van der Waals surface area (Å²) in [4.78, 5) is 0. The summed E-state index contributed by atoms with van der Waals surface area (Å²) in [6, 6.07) is 7.19. The molecule has 0 aromatic heterocycles. The molecule has 0 spiro atoms.